The number of hydrogen-bond acceptors (Lipinski definition) is 5. The first-order valence-corrected chi connectivity index (χ1v) is 11.8. The third-order valence-corrected chi connectivity index (χ3v) is 7.03. The molecule has 3 atom stereocenters. The third-order valence-electron chi connectivity index (χ3n) is 7.03. The molecular formula is C24H32F3N5O. The number of anilines is 1. The average molecular weight is 464 g/mol. The summed E-state index contributed by atoms with van der Waals surface area (Å²) >= 11 is 0. The molecule has 2 saturated heterocycles. The van der Waals surface area contributed by atoms with Crippen LogP contribution in [-0.2, 0) is 11.0 Å². The van der Waals surface area contributed by atoms with E-state index in [9.17, 15) is 18.0 Å². The number of aromatic nitrogens is 2. The molecule has 0 saturated carbocycles. The second kappa shape index (κ2) is 9.44. The first kappa shape index (κ1) is 23.7. The fraction of sp³-hybridized carbons (Fsp3) is 0.625. The maximum absolute atomic E-state index is 13.4. The Morgan fingerprint density at radius 3 is 2.67 bits per heavy atom. The van der Waals surface area contributed by atoms with Gasteiger partial charge < -0.3 is 15.1 Å². The summed E-state index contributed by atoms with van der Waals surface area (Å²) in [6.45, 7) is 9.22. The van der Waals surface area contributed by atoms with E-state index in [1.165, 1.54) is 12.4 Å². The van der Waals surface area contributed by atoms with E-state index in [1.807, 2.05) is 4.90 Å². The molecule has 0 bridgehead atoms. The van der Waals surface area contributed by atoms with Gasteiger partial charge in [-0.1, -0.05) is 13.3 Å². The van der Waals surface area contributed by atoms with Crippen molar-refractivity contribution in [3.05, 3.63) is 30.1 Å². The van der Waals surface area contributed by atoms with E-state index in [4.69, 9.17) is 0 Å². The summed E-state index contributed by atoms with van der Waals surface area (Å²) < 4.78 is 39.7. The average Bonchev–Trinajstić information content (AvgIpc) is 3.13. The predicted molar refractivity (Wildman–Crippen MR) is 122 cm³/mol. The van der Waals surface area contributed by atoms with Gasteiger partial charge in [0, 0.05) is 37.1 Å². The molecule has 4 rings (SSSR count). The Labute approximate surface area is 192 Å². The molecule has 2 fully saturated rings. The van der Waals surface area contributed by atoms with E-state index < -0.39 is 17.8 Å². The van der Waals surface area contributed by atoms with Crippen molar-refractivity contribution < 1.29 is 18.0 Å². The Bertz CT molecular complexity index is 996. The van der Waals surface area contributed by atoms with Crippen LogP contribution in [0.5, 0.6) is 0 Å². The van der Waals surface area contributed by atoms with Gasteiger partial charge in [0.25, 0.3) is 0 Å². The number of alkyl halides is 3. The fourth-order valence-corrected chi connectivity index (χ4v) is 5.26. The van der Waals surface area contributed by atoms with Crippen molar-refractivity contribution in [2.24, 2.45) is 5.92 Å². The topological polar surface area (TPSA) is 61.4 Å². The van der Waals surface area contributed by atoms with E-state index >= 15 is 0 Å². The van der Waals surface area contributed by atoms with Gasteiger partial charge in [-0.2, -0.15) is 13.2 Å². The number of nitrogens with one attached hydrogen (secondary N) is 1. The Morgan fingerprint density at radius 1 is 1.18 bits per heavy atom. The highest BCUT2D eigenvalue weighted by molar-refractivity contribution is 5.93. The number of rotatable bonds is 6. The van der Waals surface area contributed by atoms with E-state index in [0.29, 0.717) is 30.4 Å². The lowest BCUT2D eigenvalue weighted by atomic mass is 9.86. The van der Waals surface area contributed by atoms with Crippen molar-refractivity contribution in [2.45, 2.75) is 70.8 Å². The lowest BCUT2D eigenvalue weighted by Crippen LogP contribution is -2.53. The maximum Gasteiger partial charge on any atom is 0.416 e. The van der Waals surface area contributed by atoms with Crippen molar-refractivity contribution in [2.75, 3.05) is 25.0 Å². The summed E-state index contributed by atoms with van der Waals surface area (Å²) in [6, 6.07) is 3.60. The number of likely N-dealkylation sites (tertiary alicyclic amines) is 2. The Balaban J connectivity index is 1.52. The van der Waals surface area contributed by atoms with Crippen molar-refractivity contribution in [3.63, 3.8) is 0 Å². The zero-order chi connectivity index (χ0) is 23.8. The van der Waals surface area contributed by atoms with E-state index in [2.05, 4.69) is 41.0 Å². The molecule has 1 aromatic heterocycles. The van der Waals surface area contributed by atoms with Crippen LogP contribution < -0.4 is 5.32 Å². The molecule has 0 unspecified atom stereocenters. The van der Waals surface area contributed by atoms with Gasteiger partial charge in [-0.25, -0.2) is 9.97 Å². The van der Waals surface area contributed by atoms with Gasteiger partial charge in [0.15, 0.2) is 0 Å². The molecular weight excluding hydrogens is 431 g/mol. The Morgan fingerprint density at radius 2 is 1.97 bits per heavy atom. The Hall–Kier alpha value is -2.42. The van der Waals surface area contributed by atoms with Gasteiger partial charge in [-0.3, -0.25) is 4.79 Å². The normalized spacial score (nSPS) is 24.8. The quantitative estimate of drug-likeness (QED) is 0.681. The number of nitrogens with zero attached hydrogens (tertiary/aromatic N) is 4. The van der Waals surface area contributed by atoms with Crippen LogP contribution in [0.2, 0.25) is 0 Å². The SMILES string of the molecule is CCC[C@H]1CN(C(C)C)CC[C@@H]1N1CC[C@H](Nc2ncnc3ccc(C(F)(F)F)cc23)C1=O. The van der Waals surface area contributed by atoms with Crippen LogP contribution in [0, 0.1) is 5.92 Å². The van der Waals surface area contributed by atoms with E-state index in [0.717, 1.165) is 44.5 Å². The molecule has 1 amide bonds. The standard InChI is InChI=1S/C24H32F3N5O/c1-4-5-16-13-31(15(2)3)10-9-21(16)32-11-8-20(23(32)33)30-22-18-12-17(24(25,26)27)6-7-19(18)28-14-29-22/h6-7,12,14-16,20-21H,4-5,8-11,13H2,1-3H3,(H,28,29,30)/t16-,20-,21-/m0/s1. The summed E-state index contributed by atoms with van der Waals surface area (Å²) in [4.78, 5) is 26.1. The molecule has 2 aliphatic rings. The second-order valence-electron chi connectivity index (χ2n) is 9.46. The van der Waals surface area contributed by atoms with Crippen LogP contribution in [0.4, 0.5) is 19.0 Å². The highest BCUT2D eigenvalue weighted by Gasteiger charge is 2.41. The molecule has 180 valence electrons. The first-order chi connectivity index (χ1) is 15.7. The van der Waals surface area contributed by atoms with Crippen LogP contribution in [-0.4, -0.2) is 63.4 Å². The lowest BCUT2D eigenvalue weighted by molar-refractivity contribution is -0.137. The van der Waals surface area contributed by atoms with Crippen LogP contribution >= 0.6 is 0 Å². The van der Waals surface area contributed by atoms with Gasteiger partial charge >= 0.3 is 6.18 Å². The van der Waals surface area contributed by atoms with Crippen LogP contribution in [0.25, 0.3) is 10.9 Å². The number of carbonyl (C=O) groups excluding carboxylic acids is 1. The number of hydrogen-bond donors (Lipinski definition) is 1. The fourth-order valence-electron chi connectivity index (χ4n) is 5.26. The number of halogens is 3. The lowest BCUT2D eigenvalue weighted by Gasteiger charge is -2.44. The number of carbonyl (C=O) groups is 1. The molecule has 2 aromatic rings. The molecule has 2 aliphatic heterocycles. The van der Waals surface area contributed by atoms with E-state index in [-0.39, 0.29) is 23.2 Å². The summed E-state index contributed by atoms with van der Waals surface area (Å²) in [5, 5.41) is 3.41. The summed E-state index contributed by atoms with van der Waals surface area (Å²) in [7, 11) is 0. The largest absolute Gasteiger partial charge is 0.416 e. The zero-order valence-electron chi connectivity index (χ0n) is 19.4. The molecule has 1 N–H and O–H groups in total. The van der Waals surface area contributed by atoms with Gasteiger partial charge in [-0.05, 0) is 57.2 Å². The monoisotopic (exact) mass is 463 g/mol. The molecule has 33 heavy (non-hydrogen) atoms. The summed E-state index contributed by atoms with van der Waals surface area (Å²) in [5.74, 6) is 0.715. The molecule has 6 nitrogen and oxygen atoms in total. The Kier molecular flexibility index (Phi) is 6.79. The maximum atomic E-state index is 13.4. The number of benzene rings is 1. The van der Waals surface area contributed by atoms with Crippen LogP contribution in [0.1, 0.15) is 52.0 Å². The van der Waals surface area contributed by atoms with Crippen molar-refractivity contribution >= 4 is 22.6 Å². The molecule has 0 radical (unpaired) electrons. The minimum atomic E-state index is -4.46. The minimum Gasteiger partial charge on any atom is -0.358 e. The van der Waals surface area contributed by atoms with E-state index in [1.54, 1.807) is 0 Å². The predicted octanol–water partition coefficient (Wildman–Crippen LogP) is 4.56. The second-order valence-corrected chi connectivity index (χ2v) is 9.46. The smallest absolute Gasteiger partial charge is 0.358 e. The molecule has 3 heterocycles. The summed E-state index contributed by atoms with van der Waals surface area (Å²) in [5.41, 5.74) is -0.349. The van der Waals surface area contributed by atoms with Crippen molar-refractivity contribution in [1.29, 1.82) is 0 Å². The zero-order valence-corrected chi connectivity index (χ0v) is 19.4. The molecule has 9 heteroatoms. The van der Waals surface area contributed by atoms with Crippen LogP contribution in [0.3, 0.4) is 0 Å². The van der Waals surface area contributed by atoms with Gasteiger partial charge in [0.2, 0.25) is 5.91 Å². The number of fused-ring (bicyclic) bond motifs is 1. The highest BCUT2D eigenvalue weighted by atomic mass is 19.4. The minimum absolute atomic E-state index is 0.0119. The van der Waals surface area contributed by atoms with Crippen molar-refractivity contribution in [3.8, 4) is 0 Å². The number of piperidine rings is 1. The third kappa shape index (κ3) is 4.93. The first-order valence-electron chi connectivity index (χ1n) is 11.8. The van der Waals surface area contributed by atoms with Gasteiger partial charge in [0.1, 0.15) is 18.2 Å². The summed E-state index contributed by atoms with van der Waals surface area (Å²) in [6.07, 6.45) is 0.561. The van der Waals surface area contributed by atoms with Crippen molar-refractivity contribution in [1.82, 2.24) is 19.8 Å². The van der Waals surface area contributed by atoms with Gasteiger partial charge in [-0.15, -0.1) is 0 Å². The highest BCUT2D eigenvalue weighted by Crippen LogP contribution is 2.34. The molecule has 1 aromatic carbocycles. The molecule has 0 aliphatic carbocycles. The number of amides is 1. The van der Waals surface area contributed by atoms with Crippen LogP contribution in [0.15, 0.2) is 24.5 Å². The van der Waals surface area contributed by atoms with Gasteiger partial charge in [0.05, 0.1) is 11.1 Å². The molecule has 0 spiro atoms.